The van der Waals surface area contributed by atoms with Crippen LogP contribution in [0.5, 0.6) is 0 Å². The normalized spacial score (nSPS) is 8.93. The molecule has 163 valence electrons. The molecule has 2 rings (SSSR count). The van der Waals surface area contributed by atoms with Gasteiger partial charge in [0.1, 0.15) is 5.82 Å². The average Bonchev–Trinajstić information content (AvgIpc) is 2.56. The molecular formula is C25H42FNOY. The van der Waals surface area contributed by atoms with Gasteiger partial charge in [0.15, 0.2) is 0 Å². The predicted octanol–water partition coefficient (Wildman–Crippen LogP) is 7.39. The number of carbonyl (C=O) groups excluding carboxylic acids is 1. The topological polar surface area (TPSA) is 29.1 Å². The van der Waals surface area contributed by atoms with Crippen molar-refractivity contribution in [3.05, 3.63) is 71.5 Å². The molecule has 0 heterocycles. The summed E-state index contributed by atoms with van der Waals surface area (Å²) in [5, 5.41) is 2.89. The van der Waals surface area contributed by atoms with E-state index in [1.165, 1.54) is 23.3 Å². The zero-order chi connectivity index (χ0) is 18.7. The Bertz CT molecular complexity index is 612. The standard InChI is InChI=1S/C13H19NO.C9H11F.3CH4.Y/c1-11(2)14-13(15)10-6-9-12-7-4-3-5-8-12;1-7(2)8-3-5-9(10)6-4-8;;;;/h3-5,7-8,11H,6,9-10H2,1-2H3,(H,14,15);3-7H,1-2H3;3*1H4;. The first-order valence-corrected chi connectivity index (χ1v) is 8.97. The van der Waals surface area contributed by atoms with Crippen molar-refractivity contribution in [1.29, 1.82) is 0 Å². The van der Waals surface area contributed by atoms with Crippen LogP contribution in [-0.4, -0.2) is 11.9 Å². The van der Waals surface area contributed by atoms with Gasteiger partial charge in [-0.05, 0) is 55.9 Å². The predicted molar refractivity (Wildman–Crippen MR) is 123 cm³/mol. The smallest absolute Gasteiger partial charge is 0.220 e. The van der Waals surface area contributed by atoms with Crippen LogP contribution in [0.25, 0.3) is 0 Å². The van der Waals surface area contributed by atoms with E-state index in [9.17, 15) is 9.18 Å². The number of rotatable bonds is 6. The van der Waals surface area contributed by atoms with Crippen LogP contribution >= 0.6 is 0 Å². The molecule has 0 aliphatic carbocycles. The van der Waals surface area contributed by atoms with Gasteiger partial charge < -0.3 is 5.32 Å². The van der Waals surface area contributed by atoms with Gasteiger partial charge in [-0.2, -0.15) is 0 Å². The molecule has 1 N–H and O–H groups in total. The number of hydrogen-bond acceptors (Lipinski definition) is 1. The van der Waals surface area contributed by atoms with Crippen molar-refractivity contribution in [2.45, 2.75) is 81.2 Å². The molecule has 1 radical (unpaired) electrons. The largest absolute Gasteiger partial charge is 0.354 e. The van der Waals surface area contributed by atoms with Gasteiger partial charge in [-0.25, -0.2) is 4.39 Å². The van der Waals surface area contributed by atoms with Crippen molar-refractivity contribution >= 4 is 5.91 Å². The van der Waals surface area contributed by atoms with Gasteiger partial charge in [0.2, 0.25) is 5.91 Å². The number of benzene rings is 2. The fraction of sp³-hybridized carbons (Fsp3) is 0.480. The maximum absolute atomic E-state index is 12.4. The summed E-state index contributed by atoms with van der Waals surface area (Å²) in [6, 6.07) is 17.1. The molecule has 0 bridgehead atoms. The molecule has 0 spiro atoms. The first-order valence-electron chi connectivity index (χ1n) is 8.97. The zero-order valence-corrected chi connectivity index (χ0v) is 19.2. The number of amides is 1. The van der Waals surface area contributed by atoms with Gasteiger partial charge >= 0.3 is 0 Å². The SMILES string of the molecule is C.C.C.CC(C)NC(=O)CCCc1ccccc1.CC(C)c1ccc(F)cc1.[Y]. The van der Waals surface area contributed by atoms with E-state index in [4.69, 9.17) is 0 Å². The zero-order valence-electron chi connectivity index (χ0n) is 16.3. The Morgan fingerprint density at radius 1 is 0.897 bits per heavy atom. The summed E-state index contributed by atoms with van der Waals surface area (Å²) in [6.45, 7) is 8.14. The van der Waals surface area contributed by atoms with Gasteiger partial charge in [0, 0.05) is 45.2 Å². The molecule has 0 saturated carbocycles. The number of halogens is 1. The summed E-state index contributed by atoms with van der Waals surface area (Å²) in [6.07, 6.45) is 2.52. The van der Waals surface area contributed by atoms with Gasteiger partial charge in [-0.15, -0.1) is 0 Å². The Morgan fingerprint density at radius 2 is 1.41 bits per heavy atom. The molecule has 0 aliphatic heterocycles. The molecular weight excluding hydrogens is 438 g/mol. The van der Waals surface area contributed by atoms with Crippen LogP contribution in [0, 0.1) is 5.82 Å². The number of carbonyl (C=O) groups is 1. The summed E-state index contributed by atoms with van der Waals surface area (Å²) in [5.74, 6) is 0.478. The van der Waals surface area contributed by atoms with E-state index in [0.717, 1.165) is 12.8 Å². The van der Waals surface area contributed by atoms with Crippen molar-refractivity contribution in [3.8, 4) is 0 Å². The summed E-state index contributed by atoms with van der Waals surface area (Å²) < 4.78 is 12.4. The maximum Gasteiger partial charge on any atom is 0.220 e. The Morgan fingerprint density at radius 3 is 1.86 bits per heavy atom. The summed E-state index contributed by atoms with van der Waals surface area (Å²) in [7, 11) is 0. The minimum absolute atomic E-state index is 0. The van der Waals surface area contributed by atoms with Crippen LogP contribution in [0.3, 0.4) is 0 Å². The molecule has 0 fully saturated rings. The van der Waals surface area contributed by atoms with Crippen LogP contribution in [0.2, 0.25) is 0 Å². The molecule has 0 aromatic heterocycles. The molecule has 29 heavy (non-hydrogen) atoms. The molecule has 2 aromatic rings. The molecule has 0 unspecified atom stereocenters. The van der Waals surface area contributed by atoms with Crippen molar-refractivity contribution in [2.24, 2.45) is 0 Å². The molecule has 2 aromatic carbocycles. The van der Waals surface area contributed by atoms with Crippen LogP contribution < -0.4 is 5.32 Å². The monoisotopic (exact) mass is 480 g/mol. The fourth-order valence-electron chi connectivity index (χ4n) is 2.34. The number of nitrogens with one attached hydrogen (secondary N) is 1. The quantitative estimate of drug-likeness (QED) is 0.459. The van der Waals surface area contributed by atoms with Gasteiger partial charge in [0.05, 0.1) is 0 Å². The maximum atomic E-state index is 12.4. The minimum Gasteiger partial charge on any atom is -0.354 e. The van der Waals surface area contributed by atoms with Crippen molar-refractivity contribution in [3.63, 3.8) is 0 Å². The van der Waals surface area contributed by atoms with Crippen molar-refractivity contribution in [2.75, 3.05) is 0 Å². The summed E-state index contributed by atoms with van der Waals surface area (Å²) >= 11 is 0. The van der Waals surface area contributed by atoms with Crippen LogP contribution in [0.4, 0.5) is 4.39 Å². The fourth-order valence-corrected chi connectivity index (χ4v) is 2.34. The molecule has 0 aliphatic rings. The molecule has 1 amide bonds. The molecule has 2 nitrogen and oxygen atoms in total. The Balaban J connectivity index is -0.000000200. The van der Waals surface area contributed by atoms with Gasteiger partial charge in [-0.1, -0.05) is 78.6 Å². The molecule has 0 atom stereocenters. The van der Waals surface area contributed by atoms with Crippen LogP contribution in [0.15, 0.2) is 54.6 Å². The Hall–Kier alpha value is -1.06. The molecule has 4 heteroatoms. The van der Waals surface area contributed by atoms with E-state index < -0.39 is 0 Å². The van der Waals surface area contributed by atoms with Gasteiger partial charge in [-0.3, -0.25) is 4.79 Å². The first kappa shape index (κ1) is 35.4. The van der Waals surface area contributed by atoms with E-state index in [1.54, 1.807) is 0 Å². The van der Waals surface area contributed by atoms with Crippen molar-refractivity contribution < 1.29 is 41.9 Å². The minimum atomic E-state index is -0.163. The molecule has 0 saturated heterocycles. The summed E-state index contributed by atoms with van der Waals surface area (Å²) in [5.41, 5.74) is 2.48. The van der Waals surface area contributed by atoms with E-state index in [1.807, 2.05) is 44.2 Å². The third kappa shape index (κ3) is 17.5. The first-order chi connectivity index (χ1) is 11.9. The third-order valence-electron chi connectivity index (χ3n) is 3.70. The third-order valence-corrected chi connectivity index (χ3v) is 3.70. The van der Waals surface area contributed by atoms with E-state index in [2.05, 4.69) is 31.3 Å². The van der Waals surface area contributed by atoms with Gasteiger partial charge in [0.25, 0.3) is 0 Å². The van der Waals surface area contributed by atoms with Crippen LogP contribution in [-0.2, 0) is 43.9 Å². The van der Waals surface area contributed by atoms with E-state index >= 15 is 0 Å². The second kappa shape index (κ2) is 20.2. The Kier molecular flexibility index (Phi) is 24.7. The number of aryl methyl sites for hydroxylation is 1. The summed E-state index contributed by atoms with van der Waals surface area (Å²) in [4.78, 5) is 11.3. The van der Waals surface area contributed by atoms with Crippen molar-refractivity contribution in [1.82, 2.24) is 5.32 Å². The Labute approximate surface area is 205 Å². The average molecular weight is 481 g/mol. The number of hydrogen-bond donors (Lipinski definition) is 1. The second-order valence-corrected chi connectivity index (χ2v) is 6.77. The van der Waals surface area contributed by atoms with E-state index in [-0.39, 0.29) is 72.8 Å². The second-order valence-electron chi connectivity index (χ2n) is 6.77. The van der Waals surface area contributed by atoms with Crippen LogP contribution in [0.1, 0.15) is 79.9 Å². The van der Waals surface area contributed by atoms with E-state index in [0.29, 0.717) is 12.3 Å².